The number of methoxy groups -OCH3 is 1. The highest BCUT2D eigenvalue weighted by molar-refractivity contribution is 5.64. The standard InChI is InChI=1S/C9H12N4O5/c1-18-7-3-2-6(13(16)17)8(12-7)10-4-5-11-9(14)15/h2-3,11H,4-5H2,1H3,(H,10,12)(H,14,15). The van der Waals surface area contributed by atoms with Crippen molar-refractivity contribution in [2.45, 2.75) is 0 Å². The first kappa shape index (κ1) is 13.5. The Bertz CT molecular complexity index is 451. The maximum atomic E-state index is 10.7. The summed E-state index contributed by atoms with van der Waals surface area (Å²) in [5.74, 6) is 0.265. The van der Waals surface area contributed by atoms with Crippen LogP contribution in [0.25, 0.3) is 0 Å². The van der Waals surface area contributed by atoms with Crippen molar-refractivity contribution >= 4 is 17.6 Å². The Kier molecular flexibility index (Phi) is 4.67. The van der Waals surface area contributed by atoms with Crippen LogP contribution in [0.15, 0.2) is 12.1 Å². The number of nitro groups is 1. The lowest BCUT2D eigenvalue weighted by Gasteiger charge is -2.07. The van der Waals surface area contributed by atoms with E-state index in [0.717, 1.165) is 0 Å². The predicted octanol–water partition coefficient (Wildman–Crippen LogP) is 0.678. The van der Waals surface area contributed by atoms with Crippen LogP contribution in [0.4, 0.5) is 16.3 Å². The molecule has 0 aliphatic heterocycles. The van der Waals surface area contributed by atoms with Crippen molar-refractivity contribution in [1.29, 1.82) is 0 Å². The second kappa shape index (κ2) is 6.23. The molecular weight excluding hydrogens is 244 g/mol. The van der Waals surface area contributed by atoms with Gasteiger partial charge in [0.1, 0.15) is 0 Å². The van der Waals surface area contributed by atoms with Gasteiger partial charge >= 0.3 is 11.8 Å². The van der Waals surface area contributed by atoms with Gasteiger partial charge in [-0.2, -0.15) is 4.98 Å². The number of ether oxygens (including phenoxy) is 1. The number of rotatable bonds is 6. The molecule has 0 saturated carbocycles. The van der Waals surface area contributed by atoms with Crippen molar-refractivity contribution < 1.29 is 19.6 Å². The maximum absolute atomic E-state index is 10.7. The summed E-state index contributed by atoms with van der Waals surface area (Å²) in [6, 6.07) is 2.64. The molecule has 1 aromatic heterocycles. The number of pyridine rings is 1. The molecule has 0 aliphatic carbocycles. The van der Waals surface area contributed by atoms with E-state index in [-0.39, 0.29) is 30.5 Å². The van der Waals surface area contributed by atoms with Gasteiger partial charge in [0, 0.05) is 25.2 Å². The molecule has 0 saturated heterocycles. The van der Waals surface area contributed by atoms with Gasteiger partial charge < -0.3 is 20.5 Å². The fraction of sp³-hybridized carbons (Fsp3) is 0.333. The third kappa shape index (κ3) is 3.77. The Hall–Kier alpha value is -2.58. The van der Waals surface area contributed by atoms with Crippen LogP contribution in [-0.2, 0) is 0 Å². The van der Waals surface area contributed by atoms with Gasteiger partial charge in [-0.3, -0.25) is 10.1 Å². The van der Waals surface area contributed by atoms with Gasteiger partial charge in [0.25, 0.3) is 0 Å². The Labute approximate surface area is 102 Å². The number of hydrogen-bond donors (Lipinski definition) is 3. The zero-order valence-corrected chi connectivity index (χ0v) is 9.54. The Morgan fingerprint density at radius 3 is 2.83 bits per heavy atom. The SMILES string of the molecule is COc1ccc([N+](=O)[O-])c(NCCNC(=O)O)n1. The Morgan fingerprint density at radius 1 is 1.56 bits per heavy atom. The zero-order chi connectivity index (χ0) is 13.5. The van der Waals surface area contributed by atoms with Crippen LogP contribution in [-0.4, -0.2) is 41.3 Å². The van der Waals surface area contributed by atoms with Crippen molar-refractivity contribution in [3.63, 3.8) is 0 Å². The second-order valence-electron chi connectivity index (χ2n) is 3.14. The van der Waals surface area contributed by atoms with Crippen LogP contribution in [0.2, 0.25) is 0 Å². The second-order valence-corrected chi connectivity index (χ2v) is 3.14. The molecule has 0 fully saturated rings. The lowest BCUT2D eigenvalue weighted by molar-refractivity contribution is -0.384. The van der Waals surface area contributed by atoms with E-state index in [1.165, 1.54) is 19.2 Å². The average Bonchev–Trinajstić information content (AvgIpc) is 2.33. The van der Waals surface area contributed by atoms with Gasteiger partial charge in [0.05, 0.1) is 12.0 Å². The number of nitrogens with one attached hydrogen (secondary N) is 2. The Morgan fingerprint density at radius 2 is 2.28 bits per heavy atom. The first-order valence-electron chi connectivity index (χ1n) is 4.94. The largest absolute Gasteiger partial charge is 0.481 e. The van der Waals surface area contributed by atoms with Crippen molar-refractivity contribution in [3.8, 4) is 5.88 Å². The molecule has 0 unspecified atom stereocenters. The summed E-state index contributed by atoms with van der Waals surface area (Å²) < 4.78 is 4.85. The molecule has 3 N–H and O–H groups in total. The van der Waals surface area contributed by atoms with Crippen molar-refractivity contribution in [2.75, 3.05) is 25.5 Å². The summed E-state index contributed by atoms with van der Waals surface area (Å²) >= 11 is 0. The lowest BCUT2D eigenvalue weighted by Crippen LogP contribution is -2.27. The molecule has 98 valence electrons. The normalized spacial score (nSPS) is 9.61. The molecule has 9 nitrogen and oxygen atoms in total. The van der Waals surface area contributed by atoms with E-state index in [1.54, 1.807) is 0 Å². The van der Waals surface area contributed by atoms with Crippen molar-refractivity contribution in [2.24, 2.45) is 0 Å². The minimum absolute atomic E-state index is 0.0338. The molecule has 9 heteroatoms. The molecule has 18 heavy (non-hydrogen) atoms. The fourth-order valence-electron chi connectivity index (χ4n) is 1.18. The summed E-state index contributed by atoms with van der Waals surface area (Å²) in [6.45, 7) is 0.276. The van der Waals surface area contributed by atoms with Gasteiger partial charge in [-0.05, 0) is 0 Å². The Balaban J connectivity index is 2.71. The molecular formula is C9H12N4O5. The molecule has 1 amide bonds. The highest BCUT2D eigenvalue weighted by atomic mass is 16.6. The van der Waals surface area contributed by atoms with E-state index in [4.69, 9.17) is 9.84 Å². The van der Waals surface area contributed by atoms with Crippen molar-refractivity contribution in [3.05, 3.63) is 22.2 Å². The number of aromatic nitrogens is 1. The van der Waals surface area contributed by atoms with Crippen LogP contribution in [0, 0.1) is 10.1 Å². The van der Waals surface area contributed by atoms with E-state index < -0.39 is 11.0 Å². The third-order valence-electron chi connectivity index (χ3n) is 1.95. The quantitative estimate of drug-likeness (QED) is 0.388. The first-order valence-corrected chi connectivity index (χ1v) is 4.94. The maximum Gasteiger partial charge on any atom is 0.404 e. The van der Waals surface area contributed by atoms with Crippen LogP contribution in [0.1, 0.15) is 0 Å². The number of carboxylic acid groups (broad SMARTS) is 1. The minimum atomic E-state index is -1.16. The van der Waals surface area contributed by atoms with E-state index >= 15 is 0 Å². The summed E-state index contributed by atoms with van der Waals surface area (Å²) in [6.07, 6.45) is -1.16. The van der Waals surface area contributed by atoms with Crippen molar-refractivity contribution in [1.82, 2.24) is 10.3 Å². The molecule has 1 heterocycles. The number of amides is 1. The average molecular weight is 256 g/mol. The van der Waals surface area contributed by atoms with Gasteiger partial charge in [-0.15, -0.1) is 0 Å². The summed E-state index contributed by atoms with van der Waals surface area (Å²) in [7, 11) is 1.39. The highest BCUT2D eigenvalue weighted by Gasteiger charge is 2.15. The van der Waals surface area contributed by atoms with E-state index in [0.29, 0.717) is 0 Å². The van der Waals surface area contributed by atoms with Crippen LogP contribution in [0.3, 0.4) is 0 Å². The number of hydrogen-bond acceptors (Lipinski definition) is 6. The third-order valence-corrected chi connectivity index (χ3v) is 1.95. The number of nitrogens with zero attached hydrogens (tertiary/aromatic N) is 2. The van der Waals surface area contributed by atoms with Gasteiger partial charge in [-0.1, -0.05) is 0 Å². The zero-order valence-electron chi connectivity index (χ0n) is 9.54. The van der Waals surface area contributed by atoms with Gasteiger partial charge in [-0.25, -0.2) is 4.79 Å². The molecule has 0 aliphatic rings. The van der Waals surface area contributed by atoms with Crippen LogP contribution >= 0.6 is 0 Å². The summed E-state index contributed by atoms with van der Waals surface area (Å²) in [5, 5.41) is 23.9. The van der Waals surface area contributed by atoms with Crippen LogP contribution < -0.4 is 15.4 Å². The monoisotopic (exact) mass is 256 g/mol. The predicted molar refractivity (Wildman–Crippen MR) is 62.0 cm³/mol. The topological polar surface area (TPSA) is 127 Å². The van der Waals surface area contributed by atoms with E-state index in [1.807, 2.05) is 0 Å². The lowest BCUT2D eigenvalue weighted by atomic mass is 10.4. The minimum Gasteiger partial charge on any atom is -0.481 e. The number of carbonyl (C=O) groups is 1. The molecule has 1 rings (SSSR count). The molecule has 0 spiro atoms. The van der Waals surface area contributed by atoms with Crippen LogP contribution in [0.5, 0.6) is 5.88 Å². The fourth-order valence-corrected chi connectivity index (χ4v) is 1.18. The van der Waals surface area contributed by atoms with Gasteiger partial charge in [0.2, 0.25) is 11.7 Å². The highest BCUT2D eigenvalue weighted by Crippen LogP contribution is 2.24. The van der Waals surface area contributed by atoms with Gasteiger partial charge in [0.15, 0.2) is 0 Å². The smallest absolute Gasteiger partial charge is 0.404 e. The first-order chi connectivity index (χ1) is 8.54. The molecule has 0 bridgehead atoms. The molecule has 0 aromatic carbocycles. The van der Waals surface area contributed by atoms with E-state index in [9.17, 15) is 14.9 Å². The van der Waals surface area contributed by atoms with E-state index in [2.05, 4.69) is 15.6 Å². The summed E-state index contributed by atoms with van der Waals surface area (Å²) in [5.41, 5.74) is -0.203. The molecule has 0 atom stereocenters. The summed E-state index contributed by atoms with van der Waals surface area (Å²) in [4.78, 5) is 24.2. The number of anilines is 1. The molecule has 1 aromatic rings. The molecule has 0 radical (unpaired) electrons.